The summed E-state index contributed by atoms with van der Waals surface area (Å²) in [4.78, 5) is 27.6. The molecule has 114 valence electrons. The summed E-state index contributed by atoms with van der Waals surface area (Å²) in [5.41, 5.74) is 0. The van der Waals surface area contributed by atoms with Crippen LogP contribution in [0.1, 0.15) is 39.5 Å². The predicted octanol–water partition coefficient (Wildman–Crippen LogP) is 1.43. The number of carboxylic acids is 1. The van der Waals surface area contributed by atoms with Crippen LogP contribution in [0.15, 0.2) is 0 Å². The number of carbonyl (C=O) groups excluding carboxylic acids is 1. The highest BCUT2D eigenvalue weighted by Gasteiger charge is 2.36. The Morgan fingerprint density at radius 1 is 1.25 bits per heavy atom. The Morgan fingerprint density at radius 2 is 2.00 bits per heavy atom. The van der Waals surface area contributed by atoms with Gasteiger partial charge >= 0.3 is 5.97 Å². The number of likely N-dealkylation sites (tertiary alicyclic amines) is 2. The lowest BCUT2D eigenvalue weighted by Crippen LogP contribution is -2.47. The molecule has 0 saturated carbocycles. The SMILES string of the molecule is CCC1CCCCN1C(=O)CN1CC(C)C(C(=O)O)C1. The topological polar surface area (TPSA) is 60.9 Å². The van der Waals surface area contributed by atoms with Gasteiger partial charge in [0.15, 0.2) is 0 Å². The number of rotatable bonds is 4. The highest BCUT2D eigenvalue weighted by atomic mass is 16.4. The predicted molar refractivity (Wildman–Crippen MR) is 76.4 cm³/mol. The summed E-state index contributed by atoms with van der Waals surface area (Å²) in [5.74, 6) is -0.763. The van der Waals surface area contributed by atoms with Crippen molar-refractivity contribution in [2.24, 2.45) is 11.8 Å². The van der Waals surface area contributed by atoms with Crippen molar-refractivity contribution >= 4 is 11.9 Å². The maximum absolute atomic E-state index is 12.4. The van der Waals surface area contributed by atoms with Crippen LogP contribution in [0.3, 0.4) is 0 Å². The van der Waals surface area contributed by atoms with Crippen LogP contribution < -0.4 is 0 Å². The third-order valence-electron chi connectivity index (χ3n) is 4.78. The lowest BCUT2D eigenvalue weighted by Gasteiger charge is -2.36. The van der Waals surface area contributed by atoms with Crippen LogP contribution >= 0.6 is 0 Å². The normalized spacial score (nSPS) is 31.5. The van der Waals surface area contributed by atoms with Crippen LogP contribution in [0.25, 0.3) is 0 Å². The molecule has 5 nitrogen and oxygen atoms in total. The number of amides is 1. The van der Waals surface area contributed by atoms with E-state index in [1.54, 1.807) is 0 Å². The largest absolute Gasteiger partial charge is 0.481 e. The minimum atomic E-state index is -0.739. The maximum atomic E-state index is 12.4. The van der Waals surface area contributed by atoms with Crippen molar-refractivity contribution in [3.63, 3.8) is 0 Å². The van der Waals surface area contributed by atoms with Gasteiger partial charge in [-0.3, -0.25) is 14.5 Å². The number of hydrogen-bond donors (Lipinski definition) is 1. The van der Waals surface area contributed by atoms with Gasteiger partial charge in [0.2, 0.25) is 5.91 Å². The van der Waals surface area contributed by atoms with Gasteiger partial charge < -0.3 is 10.0 Å². The van der Waals surface area contributed by atoms with Gasteiger partial charge in [-0.15, -0.1) is 0 Å². The molecule has 0 bridgehead atoms. The van der Waals surface area contributed by atoms with E-state index in [2.05, 4.69) is 6.92 Å². The molecule has 1 amide bonds. The molecule has 5 heteroatoms. The molecule has 2 saturated heterocycles. The maximum Gasteiger partial charge on any atom is 0.308 e. The molecule has 1 N–H and O–H groups in total. The van der Waals surface area contributed by atoms with E-state index in [1.165, 1.54) is 6.42 Å². The summed E-state index contributed by atoms with van der Waals surface area (Å²) >= 11 is 0. The summed E-state index contributed by atoms with van der Waals surface area (Å²) < 4.78 is 0. The number of nitrogens with zero attached hydrogens (tertiary/aromatic N) is 2. The van der Waals surface area contributed by atoms with E-state index in [1.807, 2.05) is 16.7 Å². The van der Waals surface area contributed by atoms with Crippen molar-refractivity contribution in [1.29, 1.82) is 0 Å². The molecule has 2 rings (SSSR count). The Kier molecular flexibility index (Phi) is 5.02. The van der Waals surface area contributed by atoms with Crippen molar-refractivity contribution in [3.8, 4) is 0 Å². The zero-order valence-electron chi connectivity index (χ0n) is 12.5. The molecule has 0 aromatic carbocycles. The van der Waals surface area contributed by atoms with Crippen LogP contribution in [-0.2, 0) is 9.59 Å². The monoisotopic (exact) mass is 282 g/mol. The first-order chi connectivity index (χ1) is 9.52. The van der Waals surface area contributed by atoms with Crippen molar-refractivity contribution in [2.75, 3.05) is 26.2 Å². The molecule has 0 aromatic heterocycles. The average molecular weight is 282 g/mol. The first kappa shape index (κ1) is 15.3. The van der Waals surface area contributed by atoms with E-state index in [0.717, 1.165) is 25.8 Å². The number of hydrogen-bond acceptors (Lipinski definition) is 3. The minimum absolute atomic E-state index is 0.128. The van der Waals surface area contributed by atoms with E-state index in [-0.39, 0.29) is 17.7 Å². The minimum Gasteiger partial charge on any atom is -0.481 e. The van der Waals surface area contributed by atoms with Crippen LogP contribution in [0.2, 0.25) is 0 Å². The summed E-state index contributed by atoms with van der Waals surface area (Å²) in [5, 5.41) is 9.14. The van der Waals surface area contributed by atoms with Gasteiger partial charge in [-0.25, -0.2) is 0 Å². The number of aliphatic carboxylic acids is 1. The number of piperidine rings is 1. The van der Waals surface area contributed by atoms with E-state index in [9.17, 15) is 9.59 Å². The fraction of sp³-hybridized carbons (Fsp3) is 0.867. The number of carbonyl (C=O) groups is 2. The van der Waals surface area contributed by atoms with Crippen LogP contribution in [-0.4, -0.2) is 59.0 Å². The standard InChI is InChI=1S/C15H26N2O3/c1-3-12-6-4-5-7-17(12)14(18)10-16-8-11(2)13(9-16)15(19)20/h11-13H,3-10H2,1-2H3,(H,19,20). The van der Waals surface area contributed by atoms with Gasteiger partial charge in [-0.1, -0.05) is 13.8 Å². The molecule has 0 aliphatic carbocycles. The van der Waals surface area contributed by atoms with E-state index in [4.69, 9.17) is 5.11 Å². The van der Waals surface area contributed by atoms with Gasteiger partial charge in [0.25, 0.3) is 0 Å². The summed E-state index contributed by atoms with van der Waals surface area (Å²) in [6.45, 7) is 6.56. The van der Waals surface area contributed by atoms with Crippen molar-refractivity contribution < 1.29 is 14.7 Å². The third kappa shape index (κ3) is 3.32. The van der Waals surface area contributed by atoms with Gasteiger partial charge in [-0.05, 0) is 31.6 Å². The first-order valence-electron chi connectivity index (χ1n) is 7.77. The van der Waals surface area contributed by atoms with E-state index in [0.29, 0.717) is 25.7 Å². The van der Waals surface area contributed by atoms with Crippen LogP contribution in [0.5, 0.6) is 0 Å². The van der Waals surface area contributed by atoms with E-state index >= 15 is 0 Å². The molecule has 2 heterocycles. The molecule has 0 spiro atoms. The van der Waals surface area contributed by atoms with Gasteiger partial charge in [-0.2, -0.15) is 0 Å². The molecular weight excluding hydrogens is 256 g/mol. The summed E-state index contributed by atoms with van der Waals surface area (Å²) in [6.07, 6.45) is 4.43. The Balaban J connectivity index is 1.90. The second-order valence-electron chi connectivity index (χ2n) is 6.26. The molecule has 20 heavy (non-hydrogen) atoms. The highest BCUT2D eigenvalue weighted by molar-refractivity contribution is 5.79. The third-order valence-corrected chi connectivity index (χ3v) is 4.78. The molecule has 0 aromatic rings. The summed E-state index contributed by atoms with van der Waals surface area (Å²) in [6, 6.07) is 0.381. The lowest BCUT2D eigenvalue weighted by atomic mass is 9.99. The van der Waals surface area contributed by atoms with Crippen LogP contribution in [0, 0.1) is 11.8 Å². The molecular formula is C15H26N2O3. The quantitative estimate of drug-likeness (QED) is 0.847. The smallest absolute Gasteiger partial charge is 0.308 e. The van der Waals surface area contributed by atoms with E-state index < -0.39 is 5.97 Å². The second-order valence-corrected chi connectivity index (χ2v) is 6.26. The zero-order chi connectivity index (χ0) is 14.7. The molecule has 2 fully saturated rings. The Bertz CT molecular complexity index is 372. The second kappa shape index (κ2) is 6.57. The molecule has 3 atom stereocenters. The molecule has 2 aliphatic heterocycles. The van der Waals surface area contributed by atoms with Crippen molar-refractivity contribution in [1.82, 2.24) is 9.80 Å². The summed E-state index contributed by atoms with van der Waals surface area (Å²) in [7, 11) is 0. The Hall–Kier alpha value is -1.10. The van der Waals surface area contributed by atoms with Crippen molar-refractivity contribution in [2.45, 2.75) is 45.6 Å². The Labute approximate surface area is 120 Å². The van der Waals surface area contributed by atoms with Gasteiger partial charge in [0.05, 0.1) is 12.5 Å². The fourth-order valence-corrected chi connectivity index (χ4v) is 3.55. The zero-order valence-corrected chi connectivity index (χ0v) is 12.5. The average Bonchev–Trinajstić information content (AvgIpc) is 2.79. The van der Waals surface area contributed by atoms with Gasteiger partial charge in [0, 0.05) is 25.7 Å². The molecule has 3 unspecified atom stereocenters. The van der Waals surface area contributed by atoms with Gasteiger partial charge in [0.1, 0.15) is 0 Å². The molecule has 2 aliphatic rings. The Morgan fingerprint density at radius 3 is 2.60 bits per heavy atom. The van der Waals surface area contributed by atoms with Crippen LogP contribution in [0.4, 0.5) is 0 Å². The first-order valence-corrected chi connectivity index (χ1v) is 7.77. The highest BCUT2D eigenvalue weighted by Crippen LogP contribution is 2.24. The van der Waals surface area contributed by atoms with Crippen molar-refractivity contribution in [3.05, 3.63) is 0 Å². The fourth-order valence-electron chi connectivity index (χ4n) is 3.55. The molecule has 0 radical (unpaired) electrons. The number of carboxylic acid groups (broad SMARTS) is 1. The lowest BCUT2D eigenvalue weighted by molar-refractivity contribution is -0.143.